The molecule has 102 valence electrons. The lowest BCUT2D eigenvalue weighted by atomic mass is 10.3. The first kappa shape index (κ1) is 14.9. The van der Waals surface area contributed by atoms with Crippen LogP contribution in [0.1, 0.15) is 6.42 Å². The summed E-state index contributed by atoms with van der Waals surface area (Å²) in [4.78, 5) is 15.9. The first-order chi connectivity index (χ1) is 8.72. The Morgan fingerprint density at radius 3 is 2.89 bits per heavy atom. The van der Waals surface area contributed by atoms with Gasteiger partial charge in [0.15, 0.2) is 0 Å². The smallest absolute Gasteiger partial charge is 0.234 e. The molecule has 2 N–H and O–H groups in total. The van der Waals surface area contributed by atoms with E-state index in [1.807, 2.05) is 18.0 Å². The van der Waals surface area contributed by atoms with E-state index in [4.69, 9.17) is 5.26 Å². The minimum atomic E-state index is -0.00643. The van der Waals surface area contributed by atoms with Crippen LogP contribution in [0.5, 0.6) is 0 Å². The number of nitrogens with one attached hydrogen (secondary N) is 2. The lowest BCUT2D eigenvalue weighted by molar-refractivity contribution is -0.121. The molecule has 1 fully saturated rings. The molecule has 0 aromatic carbocycles. The number of carbonyl (C=O) groups is 1. The van der Waals surface area contributed by atoms with Crippen LogP contribution >= 0.6 is 0 Å². The SMILES string of the molecule is CN(CCN1CCNCC1)CC(=O)NCCC#N. The minimum absolute atomic E-state index is 0.00643. The Labute approximate surface area is 109 Å². The Bertz CT molecular complexity index is 283. The summed E-state index contributed by atoms with van der Waals surface area (Å²) < 4.78 is 0. The number of carbonyl (C=O) groups excluding carboxylic acids is 1. The van der Waals surface area contributed by atoms with Gasteiger partial charge in [-0.1, -0.05) is 0 Å². The van der Waals surface area contributed by atoms with Gasteiger partial charge in [-0.25, -0.2) is 0 Å². The first-order valence-electron chi connectivity index (χ1n) is 6.47. The zero-order chi connectivity index (χ0) is 13.2. The maximum absolute atomic E-state index is 11.5. The Kier molecular flexibility index (Phi) is 7.34. The minimum Gasteiger partial charge on any atom is -0.354 e. The summed E-state index contributed by atoms with van der Waals surface area (Å²) in [5.74, 6) is -0.00643. The van der Waals surface area contributed by atoms with Gasteiger partial charge < -0.3 is 10.6 Å². The van der Waals surface area contributed by atoms with E-state index in [1.165, 1.54) is 0 Å². The van der Waals surface area contributed by atoms with Gasteiger partial charge >= 0.3 is 0 Å². The van der Waals surface area contributed by atoms with E-state index in [0.717, 1.165) is 39.3 Å². The van der Waals surface area contributed by atoms with E-state index in [-0.39, 0.29) is 5.91 Å². The zero-order valence-corrected chi connectivity index (χ0v) is 11.1. The summed E-state index contributed by atoms with van der Waals surface area (Å²) >= 11 is 0. The molecular weight excluding hydrogens is 230 g/mol. The molecule has 1 amide bonds. The standard InChI is InChI=1S/C12H23N5O/c1-16(11-12(18)15-4-2-3-13)9-10-17-7-5-14-6-8-17/h14H,2,4-11H2,1H3,(H,15,18). The van der Waals surface area contributed by atoms with Crippen molar-refractivity contribution in [1.29, 1.82) is 5.26 Å². The Morgan fingerprint density at radius 2 is 2.22 bits per heavy atom. The number of amides is 1. The summed E-state index contributed by atoms with van der Waals surface area (Å²) in [5, 5.41) is 14.4. The van der Waals surface area contributed by atoms with Crippen molar-refractivity contribution in [3.8, 4) is 6.07 Å². The van der Waals surface area contributed by atoms with Crippen LogP contribution in [-0.2, 0) is 4.79 Å². The predicted molar refractivity (Wildman–Crippen MR) is 70.0 cm³/mol. The molecule has 0 aromatic heterocycles. The third-order valence-electron chi connectivity index (χ3n) is 2.98. The predicted octanol–water partition coefficient (Wildman–Crippen LogP) is -1.15. The molecule has 1 rings (SSSR count). The Hall–Kier alpha value is -1.16. The molecule has 6 heteroatoms. The molecule has 0 aromatic rings. The quantitative estimate of drug-likeness (QED) is 0.561. The summed E-state index contributed by atoms with van der Waals surface area (Å²) in [6.45, 7) is 7.02. The van der Waals surface area contributed by atoms with Gasteiger partial charge in [0.2, 0.25) is 5.91 Å². The van der Waals surface area contributed by atoms with Crippen molar-refractivity contribution in [2.45, 2.75) is 6.42 Å². The van der Waals surface area contributed by atoms with E-state index in [2.05, 4.69) is 15.5 Å². The average Bonchev–Trinajstić information content (AvgIpc) is 2.38. The lowest BCUT2D eigenvalue weighted by Crippen LogP contribution is -2.46. The van der Waals surface area contributed by atoms with Gasteiger partial charge in [-0.2, -0.15) is 5.26 Å². The molecule has 1 aliphatic heterocycles. The average molecular weight is 253 g/mol. The van der Waals surface area contributed by atoms with Crippen LogP contribution in [0, 0.1) is 11.3 Å². The van der Waals surface area contributed by atoms with E-state index < -0.39 is 0 Å². The molecule has 0 unspecified atom stereocenters. The number of likely N-dealkylation sites (N-methyl/N-ethyl adjacent to an activating group) is 1. The molecular formula is C12H23N5O. The number of nitrogens with zero attached hydrogens (tertiary/aromatic N) is 3. The molecule has 0 bridgehead atoms. The summed E-state index contributed by atoms with van der Waals surface area (Å²) in [6.07, 6.45) is 0.371. The fraction of sp³-hybridized carbons (Fsp3) is 0.833. The summed E-state index contributed by atoms with van der Waals surface area (Å²) in [7, 11) is 1.95. The fourth-order valence-electron chi connectivity index (χ4n) is 1.88. The van der Waals surface area contributed by atoms with Crippen molar-refractivity contribution in [3.05, 3.63) is 0 Å². The molecule has 1 aliphatic rings. The van der Waals surface area contributed by atoms with E-state index >= 15 is 0 Å². The van der Waals surface area contributed by atoms with Crippen molar-refractivity contribution in [2.24, 2.45) is 0 Å². The van der Waals surface area contributed by atoms with Crippen molar-refractivity contribution in [3.63, 3.8) is 0 Å². The second-order valence-corrected chi connectivity index (χ2v) is 4.59. The van der Waals surface area contributed by atoms with Crippen LogP contribution in [0.4, 0.5) is 0 Å². The number of rotatable bonds is 7. The zero-order valence-electron chi connectivity index (χ0n) is 11.1. The Morgan fingerprint density at radius 1 is 1.50 bits per heavy atom. The van der Waals surface area contributed by atoms with Crippen LogP contribution in [0.25, 0.3) is 0 Å². The highest BCUT2D eigenvalue weighted by Crippen LogP contribution is 1.93. The van der Waals surface area contributed by atoms with Crippen LogP contribution in [0.15, 0.2) is 0 Å². The molecule has 0 atom stereocenters. The second-order valence-electron chi connectivity index (χ2n) is 4.59. The van der Waals surface area contributed by atoms with E-state index in [9.17, 15) is 4.79 Å². The third kappa shape index (κ3) is 6.55. The molecule has 0 spiro atoms. The molecule has 1 saturated heterocycles. The number of nitriles is 1. The van der Waals surface area contributed by atoms with Crippen molar-refractivity contribution >= 4 is 5.91 Å². The van der Waals surface area contributed by atoms with E-state index in [1.54, 1.807) is 0 Å². The number of hydrogen-bond donors (Lipinski definition) is 2. The van der Waals surface area contributed by atoms with Gasteiger partial charge in [-0.3, -0.25) is 14.6 Å². The maximum Gasteiger partial charge on any atom is 0.234 e. The first-order valence-corrected chi connectivity index (χ1v) is 6.47. The monoisotopic (exact) mass is 253 g/mol. The molecule has 0 saturated carbocycles. The number of piperazine rings is 1. The van der Waals surface area contributed by atoms with E-state index in [0.29, 0.717) is 19.5 Å². The third-order valence-corrected chi connectivity index (χ3v) is 2.98. The van der Waals surface area contributed by atoms with Gasteiger partial charge in [-0.05, 0) is 7.05 Å². The van der Waals surface area contributed by atoms with Gasteiger partial charge in [0.25, 0.3) is 0 Å². The van der Waals surface area contributed by atoms with Crippen molar-refractivity contribution in [1.82, 2.24) is 20.4 Å². The molecule has 1 heterocycles. The normalized spacial score (nSPS) is 16.5. The Balaban J connectivity index is 2.07. The second kappa shape index (κ2) is 8.86. The van der Waals surface area contributed by atoms with Crippen LogP contribution in [0.3, 0.4) is 0 Å². The fourth-order valence-corrected chi connectivity index (χ4v) is 1.88. The summed E-state index contributed by atoms with van der Waals surface area (Å²) in [5.41, 5.74) is 0. The lowest BCUT2D eigenvalue weighted by Gasteiger charge is -2.28. The van der Waals surface area contributed by atoms with Gasteiger partial charge in [-0.15, -0.1) is 0 Å². The van der Waals surface area contributed by atoms with Gasteiger partial charge in [0.05, 0.1) is 19.0 Å². The van der Waals surface area contributed by atoms with Gasteiger partial charge in [0, 0.05) is 45.8 Å². The van der Waals surface area contributed by atoms with Crippen molar-refractivity contribution in [2.75, 3.05) is 59.4 Å². The largest absolute Gasteiger partial charge is 0.354 e. The molecule has 0 aliphatic carbocycles. The van der Waals surface area contributed by atoms with Crippen LogP contribution < -0.4 is 10.6 Å². The highest BCUT2D eigenvalue weighted by Gasteiger charge is 2.11. The highest BCUT2D eigenvalue weighted by atomic mass is 16.2. The topological polar surface area (TPSA) is 71.4 Å². The van der Waals surface area contributed by atoms with Gasteiger partial charge in [0.1, 0.15) is 0 Å². The van der Waals surface area contributed by atoms with Crippen LogP contribution in [0.2, 0.25) is 0 Å². The highest BCUT2D eigenvalue weighted by molar-refractivity contribution is 5.77. The summed E-state index contributed by atoms with van der Waals surface area (Å²) in [6, 6.07) is 2.00. The number of hydrogen-bond acceptors (Lipinski definition) is 5. The molecule has 6 nitrogen and oxygen atoms in total. The van der Waals surface area contributed by atoms with Crippen molar-refractivity contribution < 1.29 is 4.79 Å². The van der Waals surface area contributed by atoms with Crippen LogP contribution in [-0.4, -0.2) is 75.1 Å². The molecule has 0 radical (unpaired) electrons. The maximum atomic E-state index is 11.5. The molecule has 18 heavy (non-hydrogen) atoms.